The maximum atomic E-state index is 14.1. The number of benzene rings is 4. The molecular weight excluding hydrogens is 631 g/mol. The Hall–Kier alpha value is -4.93. The molecule has 0 bridgehead atoms. The summed E-state index contributed by atoms with van der Waals surface area (Å²) in [5.74, 6) is -1.06. The molecule has 0 spiro atoms. The number of fused-ring (bicyclic) bond motifs is 2. The number of anilines is 2. The van der Waals surface area contributed by atoms with Crippen LogP contribution in [0.1, 0.15) is 55.8 Å². The number of carbonyl (C=O) groups excluding carboxylic acids is 4. The number of carbonyl (C=O) groups is 4. The van der Waals surface area contributed by atoms with Gasteiger partial charge in [0.15, 0.2) is 0 Å². The minimum atomic E-state index is -0.675. The van der Waals surface area contributed by atoms with Crippen LogP contribution in [0.5, 0.6) is 0 Å². The third-order valence-electron chi connectivity index (χ3n) is 7.92. The van der Waals surface area contributed by atoms with E-state index in [0.717, 1.165) is 31.7 Å². The summed E-state index contributed by atoms with van der Waals surface area (Å²) in [6, 6.07) is 30.3. The Morgan fingerprint density at radius 1 is 0.894 bits per heavy atom. The zero-order valence-electron chi connectivity index (χ0n) is 25.9. The number of hydrogen-bond acceptors (Lipinski definition) is 7. The molecule has 1 aliphatic rings. The average Bonchev–Trinajstić information content (AvgIpc) is 3.44. The van der Waals surface area contributed by atoms with Crippen LogP contribution in [0.25, 0.3) is 10.8 Å². The summed E-state index contributed by atoms with van der Waals surface area (Å²) in [6.45, 7) is 4.35. The van der Waals surface area contributed by atoms with E-state index in [9.17, 15) is 19.2 Å². The molecule has 6 rings (SSSR count). The lowest BCUT2D eigenvalue weighted by molar-refractivity contribution is -0.129. The molecule has 0 saturated carbocycles. The Labute approximate surface area is 281 Å². The summed E-state index contributed by atoms with van der Waals surface area (Å²) in [4.78, 5) is 55.8. The van der Waals surface area contributed by atoms with Crippen LogP contribution in [0.4, 0.5) is 10.7 Å². The summed E-state index contributed by atoms with van der Waals surface area (Å²) < 4.78 is 5.38. The van der Waals surface area contributed by atoms with Gasteiger partial charge in [-0.05, 0) is 65.6 Å². The van der Waals surface area contributed by atoms with Crippen LogP contribution in [0.2, 0.25) is 0 Å². The molecule has 5 aromatic rings. The van der Waals surface area contributed by atoms with Gasteiger partial charge in [-0.1, -0.05) is 66.7 Å². The van der Waals surface area contributed by atoms with Crippen molar-refractivity contribution in [3.05, 3.63) is 124 Å². The predicted molar refractivity (Wildman–Crippen MR) is 187 cm³/mol. The fourth-order valence-electron chi connectivity index (χ4n) is 5.57. The molecule has 0 fully saturated rings. The van der Waals surface area contributed by atoms with Gasteiger partial charge in [-0.3, -0.25) is 14.4 Å². The van der Waals surface area contributed by atoms with Crippen molar-refractivity contribution in [1.82, 2.24) is 4.90 Å². The third-order valence-corrected chi connectivity index (χ3v) is 10.3. The van der Waals surface area contributed by atoms with Gasteiger partial charge in [0, 0.05) is 34.5 Å². The van der Waals surface area contributed by atoms with Gasteiger partial charge in [-0.25, -0.2) is 4.79 Å². The van der Waals surface area contributed by atoms with Gasteiger partial charge in [0.05, 0.1) is 18.7 Å². The average molecular weight is 664 g/mol. The number of thiophene rings is 1. The number of nitrogens with one attached hydrogen (secondary N) is 2. The normalized spacial score (nSPS) is 13.0. The van der Waals surface area contributed by atoms with E-state index in [1.807, 2.05) is 91.0 Å². The molecule has 1 unspecified atom stereocenters. The lowest BCUT2D eigenvalue weighted by atomic mass is 10.0. The number of ether oxygens (including phenoxy) is 1. The second-order valence-corrected chi connectivity index (χ2v) is 13.3. The summed E-state index contributed by atoms with van der Waals surface area (Å²) >= 11 is 2.65. The van der Waals surface area contributed by atoms with Gasteiger partial charge >= 0.3 is 5.97 Å². The highest BCUT2D eigenvalue weighted by Gasteiger charge is 2.32. The van der Waals surface area contributed by atoms with E-state index in [-0.39, 0.29) is 24.3 Å². The number of nitrogens with zero attached hydrogens (tertiary/aromatic N) is 1. The summed E-state index contributed by atoms with van der Waals surface area (Å²) in [5.41, 5.74) is 3.11. The smallest absolute Gasteiger partial charge is 0.341 e. The highest BCUT2D eigenvalue weighted by molar-refractivity contribution is 8.00. The van der Waals surface area contributed by atoms with Crippen molar-refractivity contribution in [3.8, 4) is 0 Å². The highest BCUT2D eigenvalue weighted by atomic mass is 32.2. The Kier molecular flexibility index (Phi) is 9.70. The Bertz CT molecular complexity index is 1970. The van der Waals surface area contributed by atoms with E-state index in [1.54, 1.807) is 17.9 Å². The minimum Gasteiger partial charge on any atom is -0.462 e. The van der Waals surface area contributed by atoms with Crippen LogP contribution in [-0.2, 0) is 27.3 Å². The first-order valence-electron chi connectivity index (χ1n) is 15.3. The van der Waals surface area contributed by atoms with Crippen LogP contribution >= 0.6 is 23.1 Å². The maximum absolute atomic E-state index is 14.1. The van der Waals surface area contributed by atoms with Crippen molar-refractivity contribution in [1.29, 1.82) is 0 Å². The molecule has 0 saturated heterocycles. The fourth-order valence-corrected chi connectivity index (χ4v) is 7.91. The summed E-state index contributed by atoms with van der Waals surface area (Å²) in [6.07, 6.45) is 0.504. The molecule has 2 heterocycles. The standard InChI is InChI=1S/C37H33N3O5S2/c1-3-45-37(44)32-30-18-19-40(23(2)41)22-31(30)47-36(32)39-35(43)33(25-11-5-4-6-12-25)46-29-15-9-14-28(21-29)38-34(42)27-17-16-24-10-7-8-13-26(24)20-27/h4-17,20-21,33H,3,18-19,22H2,1-2H3,(H,38,42)(H,39,43). The van der Waals surface area contributed by atoms with E-state index in [4.69, 9.17) is 4.74 Å². The van der Waals surface area contributed by atoms with Gasteiger partial charge in [0.2, 0.25) is 11.8 Å². The number of amides is 3. The zero-order valence-corrected chi connectivity index (χ0v) is 27.6. The van der Waals surface area contributed by atoms with Crippen molar-refractivity contribution in [2.75, 3.05) is 23.8 Å². The number of hydrogen-bond donors (Lipinski definition) is 2. The van der Waals surface area contributed by atoms with Crippen molar-refractivity contribution in [2.45, 2.75) is 37.0 Å². The molecule has 1 aliphatic heterocycles. The van der Waals surface area contributed by atoms with Crippen LogP contribution in [0.15, 0.2) is 102 Å². The summed E-state index contributed by atoms with van der Waals surface area (Å²) in [7, 11) is 0. The lowest BCUT2D eigenvalue weighted by Crippen LogP contribution is -2.34. The van der Waals surface area contributed by atoms with Gasteiger partial charge in [0.25, 0.3) is 5.91 Å². The Morgan fingerprint density at radius 2 is 1.66 bits per heavy atom. The van der Waals surface area contributed by atoms with Crippen molar-refractivity contribution in [3.63, 3.8) is 0 Å². The maximum Gasteiger partial charge on any atom is 0.341 e. The molecule has 47 heavy (non-hydrogen) atoms. The van der Waals surface area contributed by atoms with Crippen molar-refractivity contribution >= 4 is 68.3 Å². The quantitative estimate of drug-likeness (QED) is 0.124. The molecule has 10 heteroatoms. The molecule has 0 radical (unpaired) electrons. The molecule has 8 nitrogen and oxygen atoms in total. The van der Waals surface area contributed by atoms with Crippen LogP contribution < -0.4 is 10.6 Å². The molecule has 1 aromatic heterocycles. The van der Waals surface area contributed by atoms with Crippen LogP contribution in [-0.4, -0.2) is 41.7 Å². The second kappa shape index (κ2) is 14.2. The fraction of sp³-hybridized carbons (Fsp3) is 0.189. The molecule has 0 aliphatic carbocycles. The minimum absolute atomic E-state index is 0.0384. The molecule has 2 N–H and O–H groups in total. The molecule has 4 aromatic carbocycles. The number of esters is 1. The third kappa shape index (κ3) is 7.24. The first-order valence-corrected chi connectivity index (χ1v) is 17.0. The Balaban J connectivity index is 1.25. The summed E-state index contributed by atoms with van der Waals surface area (Å²) in [5, 5.41) is 7.81. The predicted octanol–water partition coefficient (Wildman–Crippen LogP) is 7.71. The molecule has 238 valence electrons. The van der Waals surface area contributed by atoms with Crippen LogP contribution in [0.3, 0.4) is 0 Å². The van der Waals surface area contributed by atoms with Gasteiger partial charge in [-0.2, -0.15) is 0 Å². The van der Waals surface area contributed by atoms with Gasteiger partial charge in [0.1, 0.15) is 10.3 Å². The van der Waals surface area contributed by atoms with Crippen molar-refractivity contribution in [2.24, 2.45) is 0 Å². The van der Waals surface area contributed by atoms with Gasteiger partial charge < -0.3 is 20.3 Å². The zero-order chi connectivity index (χ0) is 32.9. The van der Waals surface area contributed by atoms with E-state index in [0.29, 0.717) is 41.3 Å². The topological polar surface area (TPSA) is 105 Å². The largest absolute Gasteiger partial charge is 0.462 e. The van der Waals surface area contributed by atoms with Gasteiger partial charge in [-0.15, -0.1) is 23.1 Å². The van der Waals surface area contributed by atoms with Crippen LogP contribution in [0, 0.1) is 0 Å². The molecule has 1 atom stereocenters. The first-order chi connectivity index (χ1) is 22.8. The second-order valence-electron chi connectivity index (χ2n) is 11.1. The lowest BCUT2D eigenvalue weighted by Gasteiger charge is -2.25. The SMILES string of the molecule is CCOC(=O)c1c(NC(=O)C(Sc2cccc(NC(=O)c3ccc4ccccc4c3)c2)c2ccccc2)sc2c1CCN(C(C)=O)C2. The molecular formula is C37H33N3O5S2. The monoisotopic (exact) mass is 663 g/mol. The van der Waals surface area contributed by atoms with E-state index in [1.165, 1.54) is 30.0 Å². The van der Waals surface area contributed by atoms with Crippen molar-refractivity contribution < 1.29 is 23.9 Å². The molecule has 3 amide bonds. The van der Waals surface area contributed by atoms with E-state index >= 15 is 0 Å². The number of thioether (sulfide) groups is 1. The van der Waals surface area contributed by atoms with E-state index < -0.39 is 11.2 Å². The first kappa shape index (κ1) is 32.0. The van der Waals surface area contributed by atoms with E-state index in [2.05, 4.69) is 10.6 Å². The highest BCUT2D eigenvalue weighted by Crippen LogP contribution is 2.41. The number of rotatable bonds is 9. The Morgan fingerprint density at radius 3 is 2.43 bits per heavy atom.